The van der Waals surface area contributed by atoms with E-state index < -0.39 is 17.7 Å². The number of urea groups is 1. The van der Waals surface area contributed by atoms with Crippen LogP contribution >= 0.6 is 0 Å². The first-order chi connectivity index (χ1) is 9.49. The van der Waals surface area contributed by atoms with Crippen LogP contribution < -0.4 is 5.32 Å². The van der Waals surface area contributed by atoms with Gasteiger partial charge in [0.2, 0.25) is 0 Å². The van der Waals surface area contributed by atoms with Crippen molar-refractivity contribution in [1.82, 2.24) is 9.80 Å². The number of halogens is 2. The quantitative estimate of drug-likeness (QED) is 0.855. The number of nitrogens with one attached hydrogen (secondary N) is 1. The normalized spacial score (nSPS) is 20.0. The third-order valence-electron chi connectivity index (χ3n) is 3.27. The molecule has 1 aliphatic heterocycles. The highest BCUT2D eigenvalue weighted by molar-refractivity contribution is 5.89. The maximum absolute atomic E-state index is 13.1. The lowest BCUT2D eigenvalue weighted by Gasteiger charge is -2.39. The van der Waals surface area contributed by atoms with Crippen molar-refractivity contribution in [2.45, 2.75) is 6.04 Å². The summed E-state index contributed by atoms with van der Waals surface area (Å²) in [4.78, 5) is 15.6. The number of nitrogens with zero attached hydrogens (tertiary/aromatic N) is 2. The second-order valence-electron chi connectivity index (χ2n) is 4.88. The fourth-order valence-electron chi connectivity index (χ4n) is 2.26. The van der Waals surface area contributed by atoms with Crippen LogP contribution in [0.3, 0.4) is 0 Å². The van der Waals surface area contributed by atoms with Gasteiger partial charge in [0.1, 0.15) is 11.6 Å². The van der Waals surface area contributed by atoms with Crippen LogP contribution in [-0.4, -0.2) is 60.3 Å². The number of piperazine rings is 1. The van der Waals surface area contributed by atoms with E-state index in [4.69, 9.17) is 0 Å². The van der Waals surface area contributed by atoms with E-state index in [0.29, 0.717) is 19.6 Å². The van der Waals surface area contributed by atoms with Gasteiger partial charge in [-0.2, -0.15) is 0 Å². The Hall–Kier alpha value is -1.73. The van der Waals surface area contributed by atoms with Crippen molar-refractivity contribution in [2.24, 2.45) is 0 Å². The molecule has 1 aromatic carbocycles. The largest absolute Gasteiger partial charge is 0.394 e. The highest BCUT2D eigenvalue weighted by Crippen LogP contribution is 2.15. The zero-order chi connectivity index (χ0) is 14.7. The molecule has 1 atom stereocenters. The van der Waals surface area contributed by atoms with E-state index in [-0.39, 0.29) is 18.3 Å². The number of anilines is 1. The minimum absolute atomic E-state index is 0.0584. The van der Waals surface area contributed by atoms with Crippen molar-refractivity contribution in [2.75, 3.05) is 38.6 Å². The highest BCUT2D eigenvalue weighted by atomic mass is 19.1. The Morgan fingerprint density at radius 2 is 2.00 bits per heavy atom. The molecule has 0 aromatic heterocycles. The number of hydrogen-bond donors (Lipinski definition) is 2. The summed E-state index contributed by atoms with van der Waals surface area (Å²) < 4.78 is 26.1. The van der Waals surface area contributed by atoms with Crippen LogP contribution in [0.2, 0.25) is 0 Å². The van der Waals surface area contributed by atoms with E-state index in [2.05, 4.69) is 5.32 Å². The van der Waals surface area contributed by atoms with Gasteiger partial charge in [-0.3, -0.25) is 0 Å². The van der Waals surface area contributed by atoms with Crippen LogP contribution in [0.1, 0.15) is 0 Å². The molecule has 1 aromatic rings. The number of hydrogen-bond acceptors (Lipinski definition) is 3. The lowest BCUT2D eigenvalue weighted by atomic mass is 10.2. The van der Waals surface area contributed by atoms with E-state index in [1.165, 1.54) is 4.90 Å². The summed E-state index contributed by atoms with van der Waals surface area (Å²) in [5.41, 5.74) is 0.0584. The topological polar surface area (TPSA) is 55.8 Å². The van der Waals surface area contributed by atoms with E-state index in [0.717, 1.165) is 18.2 Å². The SMILES string of the molecule is CN1CCN(C(=O)Nc2cc(F)cc(F)c2)C(CO)C1. The molecule has 1 heterocycles. The van der Waals surface area contributed by atoms with Gasteiger partial charge in [0, 0.05) is 31.4 Å². The van der Waals surface area contributed by atoms with Crippen molar-refractivity contribution in [3.8, 4) is 0 Å². The van der Waals surface area contributed by atoms with Crippen LogP contribution in [0, 0.1) is 11.6 Å². The monoisotopic (exact) mass is 285 g/mol. The molecule has 1 aliphatic rings. The average Bonchev–Trinajstić information content (AvgIpc) is 2.37. The predicted molar refractivity (Wildman–Crippen MR) is 70.5 cm³/mol. The zero-order valence-corrected chi connectivity index (χ0v) is 11.1. The standard InChI is InChI=1S/C13H17F2N3O2/c1-17-2-3-18(12(7-17)8-19)13(20)16-11-5-9(14)4-10(15)6-11/h4-6,12,19H,2-3,7-8H2,1H3,(H,16,20). The molecule has 110 valence electrons. The van der Waals surface area contributed by atoms with E-state index in [1.807, 2.05) is 11.9 Å². The van der Waals surface area contributed by atoms with Gasteiger partial charge >= 0.3 is 6.03 Å². The van der Waals surface area contributed by atoms with Crippen LogP contribution in [0.15, 0.2) is 18.2 Å². The smallest absolute Gasteiger partial charge is 0.322 e. The zero-order valence-electron chi connectivity index (χ0n) is 11.1. The summed E-state index contributed by atoms with van der Waals surface area (Å²) in [6.45, 7) is 1.53. The second kappa shape index (κ2) is 6.15. The van der Waals surface area contributed by atoms with Gasteiger partial charge in [-0.15, -0.1) is 0 Å². The molecule has 0 radical (unpaired) electrons. The van der Waals surface area contributed by atoms with Crippen LogP contribution in [0.25, 0.3) is 0 Å². The molecule has 0 aliphatic carbocycles. The fraction of sp³-hybridized carbons (Fsp3) is 0.462. The minimum Gasteiger partial charge on any atom is -0.394 e. The number of aliphatic hydroxyl groups is 1. The van der Waals surface area contributed by atoms with Gasteiger partial charge in [0.05, 0.1) is 12.6 Å². The van der Waals surface area contributed by atoms with E-state index in [1.54, 1.807) is 0 Å². The molecule has 7 heteroatoms. The molecule has 1 fully saturated rings. The van der Waals surface area contributed by atoms with Gasteiger partial charge in [-0.05, 0) is 19.2 Å². The van der Waals surface area contributed by atoms with Crippen LogP contribution in [0.5, 0.6) is 0 Å². The lowest BCUT2D eigenvalue weighted by molar-refractivity contribution is 0.0777. The summed E-state index contributed by atoms with van der Waals surface area (Å²) >= 11 is 0. The predicted octanol–water partition coefficient (Wildman–Crippen LogP) is 1.10. The number of aliphatic hydroxyl groups excluding tert-OH is 1. The molecule has 20 heavy (non-hydrogen) atoms. The van der Waals surface area contributed by atoms with Gasteiger partial charge in [-0.25, -0.2) is 13.6 Å². The van der Waals surface area contributed by atoms with E-state index >= 15 is 0 Å². The van der Waals surface area contributed by atoms with Crippen molar-refractivity contribution in [1.29, 1.82) is 0 Å². The summed E-state index contributed by atoms with van der Waals surface area (Å²) in [5, 5.41) is 11.8. The van der Waals surface area contributed by atoms with Gasteiger partial charge in [0.15, 0.2) is 0 Å². The third kappa shape index (κ3) is 3.43. The maximum atomic E-state index is 13.1. The Kier molecular flexibility index (Phi) is 4.51. The molecule has 2 amide bonds. The van der Waals surface area contributed by atoms with Crippen LogP contribution in [-0.2, 0) is 0 Å². The first-order valence-electron chi connectivity index (χ1n) is 6.32. The number of likely N-dealkylation sites (N-methyl/N-ethyl adjacent to an activating group) is 1. The highest BCUT2D eigenvalue weighted by Gasteiger charge is 2.28. The van der Waals surface area contributed by atoms with Crippen molar-refractivity contribution in [3.63, 3.8) is 0 Å². The second-order valence-corrected chi connectivity index (χ2v) is 4.88. The van der Waals surface area contributed by atoms with Crippen molar-refractivity contribution in [3.05, 3.63) is 29.8 Å². The molecular formula is C13H17F2N3O2. The minimum atomic E-state index is -0.752. The summed E-state index contributed by atoms with van der Waals surface area (Å²) in [6.07, 6.45) is 0. The Morgan fingerprint density at radius 3 is 2.60 bits per heavy atom. The Morgan fingerprint density at radius 1 is 1.35 bits per heavy atom. The molecule has 1 saturated heterocycles. The third-order valence-corrected chi connectivity index (χ3v) is 3.27. The number of carbonyl (C=O) groups is 1. The van der Waals surface area contributed by atoms with Gasteiger partial charge in [0.25, 0.3) is 0 Å². The number of benzene rings is 1. The van der Waals surface area contributed by atoms with Crippen molar-refractivity contribution < 1.29 is 18.7 Å². The van der Waals surface area contributed by atoms with E-state index in [9.17, 15) is 18.7 Å². The number of carbonyl (C=O) groups excluding carboxylic acids is 1. The Balaban J connectivity index is 2.07. The fourth-order valence-corrected chi connectivity index (χ4v) is 2.26. The molecular weight excluding hydrogens is 268 g/mol. The molecule has 0 bridgehead atoms. The van der Waals surface area contributed by atoms with Crippen LogP contribution in [0.4, 0.5) is 19.3 Å². The molecule has 1 unspecified atom stereocenters. The molecule has 5 nitrogen and oxygen atoms in total. The molecule has 2 rings (SSSR count). The Bertz CT molecular complexity index is 478. The number of rotatable bonds is 2. The number of amides is 2. The van der Waals surface area contributed by atoms with Crippen molar-refractivity contribution >= 4 is 11.7 Å². The van der Waals surface area contributed by atoms with Gasteiger partial charge < -0.3 is 20.2 Å². The molecule has 0 saturated carbocycles. The maximum Gasteiger partial charge on any atom is 0.322 e. The molecule has 0 spiro atoms. The first-order valence-corrected chi connectivity index (χ1v) is 6.32. The summed E-state index contributed by atoms with van der Waals surface area (Å²) in [5.74, 6) is -1.50. The Labute approximate surface area is 115 Å². The summed E-state index contributed by atoms with van der Waals surface area (Å²) in [7, 11) is 1.90. The average molecular weight is 285 g/mol. The molecule has 2 N–H and O–H groups in total. The van der Waals surface area contributed by atoms with Gasteiger partial charge in [-0.1, -0.05) is 0 Å². The first kappa shape index (κ1) is 14.7. The lowest BCUT2D eigenvalue weighted by Crippen LogP contribution is -2.56. The summed E-state index contributed by atoms with van der Waals surface area (Å²) in [6, 6.07) is 2.03.